The summed E-state index contributed by atoms with van der Waals surface area (Å²) in [6.07, 6.45) is 5.34. The number of allylic oxidation sites excluding steroid dienone is 1. The molecule has 2 heterocycles. The molecular weight excluding hydrogens is 623 g/mol. The van der Waals surface area contributed by atoms with E-state index in [1.54, 1.807) is 54.6 Å². The number of carbonyl (C=O) groups excluding carboxylic acids is 1. The smallest absolute Gasteiger partial charge is 0.337 e. The molecule has 0 saturated carbocycles. The SMILES string of the molecule is C=CCc1cc(/C=c2\sc3n(c2=O)[C@H](c2ccc(OCC)c(OCC)c2)C(C(=O)OC)=CN=3)cc(OC)c1OCc1ccccc1F. The first kappa shape index (κ1) is 33.2. The van der Waals surface area contributed by atoms with Gasteiger partial charge in [-0.25, -0.2) is 14.2 Å². The topological polar surface area (TPSA) is 97.6 Å². The van der Waals surface area contributed by atoms with Gasteiger partial charge in [-0.1, -0.05) is 41.7 Å². The summed E-state index contributed by atoms with van der Waals surface area (Å²) in [6, 6.07) is 14.5. The summed E-state index contributed by atoms with van der Waals surface area (Å²) in [5, 5.41) is 0. The van der Waals surface area contributed by atoms with Gasteiger partial charge in [-0.15, -0.1) is 6.58 Å². The summed E-state index contributed by atoms with van der Waals surface area (Å²) in [7, 11) is 2.80. The molecule has 11 heteroatoms. The Balaban J connectivity index is 1.60. The van der Waals surface area contributed by atoms with Gasteiger partial charge in [0.2, 0.25) is 0 Å². The molecule has 1 aromatic heterocycles. The Kier molecular flexibility index (Phi) is 10.6. The number of ether oxygens (including phenoxy) is 5. The van der Waals surface area contributed by atoms with Crippen molar-refractivity contribution in [2.45, 2.75) is 32.9 Å². The first-order valence-corrected chi connectivity index (χ1v) is 15.8. The van der Waals surface area contributed by atoms with Crippen molar-refractivity contribution in [3.63, 3.8) is 0 Å². The monoisotopic (exact) mass is 658 g/mol. The second kappa shape index (κ2) is 15.0. The minimum Gasteiger partial charge on any atom is -0.493 e. The molecule has 0 amide bonds. The second-order valence-electron chi connectivity index (χ2n) is 10.3. The third-order valence-corrected chi connectivity index (χ3v) is 8.37. The standard InChI is InChI=1S/C36H35FN2O7S/c1-6-11-24-16-22(17-30(42-4)33(24)46-21-25-12-9-10-13-27(25)37)18-31-34(40)39-32(26(35(41)43-5)20-38-36(39)47-31)23-14-15-28(44-7-2)29(19-23)45-8-3/h6,9-10,12-20,32H,1,7-8,11,21H2,2-5H3/b31-18-/t32-/m1/s1. The van der Waals surface area contributed by atoms with Gasteiger partial charge in [0.05, 0.1) is 43.6 Å². The molecule has 0 fully saturated rings. The minimum atomic E-state index is -0.823. The molecule has 1 aliphatic heterocycles. The molecule has 244 valence electrons. The number of nitrogens with zero attached hydrogens (tertiary/aromatic N) is 2. The van der Waals surface area contributed by atoms with Gasteiger partial charge in [0, 0.05) is 17.3 Å². The number of halogens is 1. The maximum absolute atomic E-state index is 14.3. The fourth-order valence-corrected chi connectivity index (χ4v) is 6.26. The normalized spacial score (nSPS) is 14.0. The van der Waals surface area contributed by atoms with Crippen molar-refractivity contribution >= 4 is 23.4 Å². The number of rotatable bonds is 13. The third-order valence-electron chi connectivity index (χ3n) is 7.37. The Bertz CT molecular complexity index is 2010. The maximum atomic E-state index is 14.3. The van der Waals surface area contributed by atoms with E-state index in [1.165, 1.54) is 42.4 Å². The van der Waals surface area contributed by atoms with E-state index >= 15 is 0 Å². The molecule has 4 aromatic rings. The molecule has 5 rings (SSSR count). The lowest BCUT2D eigenvalue weighted by Crippen LogP contribution is -2.39. The van der Waals surface area contributed by atoms with Crippen LogP contribution >= 0.6 is 11.3 Å². The fourth-order valence-electron chi connectivity index (χ4n) is 5.29. The summed E-state index contributed by atoms with van der Waals surface area (Å²) < 4.78 is 44.5. The van der Waals surface area contributed by atoms with Crippen LogP contribution < -0.4 is 33.8 Å². The van der Waals surface area contributed by atoms with Crippen LogP contribution in [0.1, 0.15) is 42.1 Å². The lowest BCUT2D eigenvalue weighted by molar-refractivity contribution is -0.136. The highest BCUT2D eigenvalue weighted by molar-refractivity contribution is 7.07. The summed E-state index contributed by atoms with van der Waals surface area (Å²) in [5.41, 5.74) is 2.31. The zero-order valence-corrected chi connectivity index (χ0v) is 27.4. The molecule has 0 unspecified atom stereocenters. The summed E-state index contributed by atoms with van der Waals surface area (Å²) in [4.78, 5) is 31.9. The number of esters is 1. The number of carbonyl (C=O) groups is 1. The Morgan fingerprint density at radius 1 is 1.00 bits per heavy atom. The number of thiazole rings is 1. The van der Waals surface area contributed by atoms with Crippen molar-refractivity contribution in [2.24, 2.45) is 4.99 Å². The highest BCUT2D eigenvalue weighted by atomic mass is 32.1. The van der Waals surface area contributed by atoms with Crippen LogP contribution in [0.4, 0.5) is 4.39 Å². The number of methoxy groups -OCH3 is 2. The number of aromatic nitrogens is 1. The summed E-state index contributed by atoms with van der Waals surface area (Å²) in [5.74, 6) is 0.955. The lowest BCUT2D eigenvalue weighted by Gasteiger charge is -2.23. The molecule has 0 aliphatic carbocycles. The van der Waals surface area contributed by atoms with Crippen LogP contribution in [0, 0.1) is 5.82 Å². The van der Waals surface area contributed by atoms with Gasteiger partial charge in [-0.05, 0) is 67.8 Å². The van der Waals surface area contributed by atoms with Gasteiger partial charge < -0.3 is 23.7 Å². The van der Waals surface area contributed by atoms with Gasteiger partial charge >= 0.3 is 5.97 Å². The number of hydrogen-bond donors (Lipinski definition) is 0. The lowest BCUT2D eigenvalue weighted by atomic mass is 9.97. The molecule has 47 heavy (non-hydrogen) atoms. The van der Waals surface area contributed by atoms with Crippen LogP contribution in [0.2, 0.25) is 0 Å². The quantitative estimate of drug-likeness (QED) is 0.143. The van der Waals surface area contributed by atoms with E-state index in [2.05, 4.69) is 11.6 Å². The number of fused-ring (bicyclic) bond motifs is 1. The molecular formula is C36H35FN2O7S. The van der Waals surface area contributed by atoms with Crippen molar-refractivity contribution in [1.82, 2.24) is 4.57 Å². The van der Waals surface area contributed by atoms with E-state index in [4.69, 9.17) is 23.7 Å². The highest BCUT2D eigenvalue weighted by Crippen LogP contribution is 2.36. The van der Waals surface area contributed by atoms with Crippen molar-refractivity contribution < 1.29 is 32.9 Å². The molecule has 9 nitrogen and oxygen atoms in total. The average molecular weight is 659 g/mol. The predicted molar refractivity (Wildman–Crippen MR) is 178 cm³/mol. The Labute approximate surface area is 275 Å². The zero-order valence-electron chi connectivity index (χ0n) is 26.6. The zero-order chi connectivity index (χ0) is 33.5. The van der Waals surface area contributed by atoms with E-state index in [1.807, 2.05) is 19.9 Å². The Morgan fingerprint density at radius 3 is 2.47 bits per heavy atom. The van der Waals surface area contributed by atoms with E-state index in [9.17, 15) is 14.0 Å². The number of benzene rings is 3. The predicted octanol–water partition coefficient (Wildman–Crippen LogP) is 5.27. The van der Waals surface area contributed by atoms with Crippen LogP contribution in [-0.4, -0.2) is 38.0 Å². The van der Waals surface area contributed by atoms with Crippen molar-refractivity contribution in [3.05, 3.63) is 127 Å². The molecule has 1 aliphatic rings. The molecule has 1 atom stereocenters. The van der Waals surface area contributed by atoms with Crippen molar-refractivity contribution in [3.8, 4) is 23.0 Å². The van der Waals surface area contributed by atoms with E-state index in [0.717, 1.165) is 5.56 Å². The molecule has 0 saturated heterocycles. The number of hydrogen-bond acceptors (Lipinski definition) is 9. The molecule has 3 aromatic carbocycles. The van der Waals surface area contributed by atoms with Crippen LogP contribution in [0.5, 0.6) is 23.0 Å². The first-order valence-electron chi connectivity index (χ1n) is 15.0. The second-order valence-corrected chi connectivity index (χ2v) is 11.3. The molecule has 0 bridgehead atoms. The molecule has 0 spiro atoms. The van der Waals surface area contributed by atoms with Gasteiger partial charge in [0.1, 0.15) is 12.4 Å². The van der Waals surface area contributed by atoms with Gasteiger partial charge in [0.25, 0.3) is 5.56 Å². The Morgan fingerprint density at radius 2 is 1.77 bits per heavy atom. The van der Waals surface area contributed by atoms with Crippen LogP contribution in [0.25, 0.3) is 6.08 Å². The van der Waals surface area contributed by atoms with E-state index in [0.29, 0.717) is 68.7 Å². The molecule has 0 N–H and O–H groups in total. The third kappa shape index (κ3) is 7.00. The van der Waals surface area contributed by atoms with Crippen molar-refractivity contribution in [2.75, 3.05) is 27.4 Å². The summed E-state index contributed by atoms with van der Waals surface area (Å²) >= 11 is 1.19. The van der Waals surface area contributed by atoms with Crippen molar-refractivity contribution in [1.29, 1.82) is 0 Å². The fraction of sp³-hybridized carbons (Fsp3) is 0.250. The van der Waals surface area contributed by atoms with E-state index < -0.39 is 12.0 Å². The van der Waals surface area contributed by atoms with Crippen LogP contribution in [0.3, 0.4) is 0 Å². The van der Waals surface area contributed by atoms with Crippen LogP contribution in [0.15, 0.2) is 88.8 Å². The first-order chi connectivity index (χ1) is 22.8. The largest absolute Gasteiger partial charge is 0.493 e. The highest BCUT2D eigenvalue weighted by Gasteiger charge is 2.31. The van der Waals surface area contributed by atoms with Crippen LogP contribution in [-0.2, 0) is 22.6 Å². The average Bonchev–Trinajstić information content (AvgIpc) is 3.39. The van der Waals surface area contributed by atoms with E-state index in [-0.39, 0.29) is 23.6 Å². The summed E-state index contributed by atoms with van der Waals surface area (Å²) in [6.45, 7) is 8.45. The molecule has 0 radical (unpaired) electrons. The minimum absolute atomic E-state index is 0.00418. The maximum Gasteiger partial charge on any atom is 0.337 e. The van der Waals surface area contributed by atoms with Gasteiger partial charge in [-0.3, -0.25) is 9.36 Å². The van der Waals surface area contributed by atoms with Gasteiger partial charge in [-0.2, -0.15) is 0 Å². The Hall–Kier alpha value is -5.16. The van der Waals surface area contributed by atoms with Gasteiger partial charge in [0.15, 0.2) is 27.8 Å².